The molecule has 0 saturated heterocycles. The average molecular weight is 578 g/mol. The molecule has 6 rings (SSSR count). The van der Waals surface area contributed by atoms with Gasteiger partial charge < -0.3 is 0 Å². The van der Waals surface area contributed by atoms with Gasteiger partial charge in [0.1, 0.15) is 33.9 Å². The number of pyridine rings is 2. The minimum Gasteiger partial charge on any atom is -0.277 e. The first-order chi connectivity index (χ1) is 19.6. The molecule has 4 aromatic heterocycles. The molecule has 4 heterocycles. The molecule has 1 aliphatic carbocycles. The lowest BCUT2D eigenvalue weighted by molar-refractivity contribution is 0.594. The highest BCUT2D eigenvalue weighted by Crippen LogP contribution is 2.54. The molecule has 0 aliphatic heterocycles. The van der Waals surface area contributed by atoms with Crippen molar-refractivity contribution in [2.45, 2.75) is 46.0 Å². The van der Waals surface area contributed by atoms with Crippen LogP contribution in [0, 0.1) is 45.1 Å². The molecule has 0 spiro atoms. The summed E-state index contributed by atoms with van der Waals surface area (Å²) in [6.07, 6.45) is 4.23. The van der Waals surface area contributed by atoms with Crippen LogP contribution in [0.4, 0.5) is 13.2 Å². The van der Waals surface area contributed by atoms with Gasteiger partial charge in [-0.3, -0.25) is 14.3 Å². The molecule has 0 bridgehead atoms. The zero-order valence-electron chi connectivity index (χ0n) is 22.5. The third kappa shape index (κ3) is 4.50. The molecular weight excluding hydrogens is 555 g/mol. The summed E-state index contributed by atoms with van der Waals surface area (Å²) >= 11 is 6.58. The van der Waals surface area contributed by atoms with Gasteiger partial charge in [-0.1, -0.05) is 17.7 Å². The topological polar surface area (TPSA) is 91.4 Å². The second kappa shape index (κ2) is 9.91. The lowest BCUT2D eigenvalue weighted by atomic mass is 10.1. The minimum atomic E-state index is -0.870. The average Bonchev–Trinajstić information content (AvgIpc) is 3.65. The van der Waals surface area contributed by atoms with Gasteiger partial charge in [0.15, 0.2) is 17.5 Å². The van der Waals surface area contributed by atoms with Crippen molar-refractivity contribution in [1.29, 1.82) is 0 Å². The summed E-state index contributed by atoms with van der Waals surface area (Å²) in [6.45, 7) is 6.66. The standard InChI is InChI=1S/C29H23ClF3N7O/c1-13-10-34-26(18-6-5-7-22(24(18)32)40-16(4)37-15(3)38-40)25(33)27(13)39-14(2)8-20(23(30)29(39)41)19-9-21(19)28-35-11-17(31)12-36-28/h5-8,10-12,19,21H,9H2,1-4H3/t19-,21?/m0/s1. The van der Waals surface area contributed by atoms with Gasteiger partial charge in [0.2, 0.25) is 0 Å². The summed E-state index contributed by atoms with van der Waals surface area (Å²) in [5.41, 5.74) is 0.434. The van der Waals surface area contributed by atoms with E-state index in [0.717, 1.165) is 12.4 Å². The SMILES string of the molecule is Cc1nc(C)n(-c2cccc(-c3ncc(C)c(-n4c(C)cc([C@@H]5CC5c5ncc(F)cn5)c(Cl)c4=O)c3F)c2F)n1. The Morgan fingerprint density at radius 1 is 0.951 bits per heavy atom. The van der Waals surface area contributed by atoms with E-state index in [9.17, 15) is 9.18 Å². The van der Waals surface area contributed by atoms with Crippen LogP contribution in [0.2, 0.25) is 5.02 Å². The second-order valence-corrected chi connectivity index (χ2v) is 10.5. The molecular formula is C29H23ClF3N7O. The Hall–Kier alpha value is -4.38. The number of hydrogen-bond acceptors (Lipinski definition) is 6. The molecule has 0 amide bonds. The largest absolute Gasteiger partial charge is 0.277 e. The highest BCUT2D eigenvalue weighted by molar-refractivity contribution is 6.31. The fourth-order valence-corrected chi connectivity index (χ4v) is 5.54. The number of aryl methyl sites for hydroxylation is 4. The van der Waals surface area contributed by atoms with Gasteiger partial charge in [0.05, 0.1) is 18.1 Å². The number of benzene rings is 1. The summed E-state index contributed by atoms with van der Waals surface area (Å²) in [4.78, 5) is 30.1. The summed E-state index contributed by atoms with van der Waals surface area (Å²) in [6, 6.07) is 6.24. The van der Waals surface area contributed by atoms with Gasteiger partial charge in [-0.15, -0.1) is 0 Å². The van der Waals surface area contributed by atoms with Crippen molar-refractivity contribution in [1.82, 2.24) is 34.3 Å². The van der Waals surface area contributed by atoms with Crippen LogP contribution in [-0.2, 0) is 0 Å². The Morgan fingerprint density at radius 3 is 2.37 bits per heavy atom. The van der Waals surface area contributed by atoms with E-state index in [1.807, 2.05) is 0 Å². The number of rotatable bonds is 5. The molecule has 5 aromatic rings. The maximum Gasteiger partial charge on any atom is 0.274 e. The maximum absolute atomic E-state index is 16.3. The number of aromatic nitrogens is 7. The van der Waals surface area contributed by atoms with Gasteiger partial charge in [-0.05, 0) is 69.4 Å². The summed E-state index contributed by atoms with van der Waals surface area (Å²) in [7, 11) is 0. The van der Waals surface area contributed by atoms with E-state index in [1.54, 1.807) is 39.8 Å². The Morgan fingerprint density at radius 2 is 1.68 bits per heavy atom. The molecule has 1 aromatic carbocycles. The first kappa shape index (κ1) is 26.8. The van der Waals surface area contributed by atoms with Crippen LogP contribution in [0.15, 0.2) is 47.7 Å². The van der Waals surface area contributed by atoms with Crippen molar-refractivity contribution in [3.63, 3.8) is 0 Å². The summed E-state index contributed by atoms with van der Waals surface area (Å²) in [5.74, 6) is -0.977. The van der Waals surface area contributed by atoms with Crippen molar-refractivity contribution in [3.05, 3.63) is 110 Å². The number of hydrogen-bond donors (Lipinski definition) is 0. The van der Waals surface area contributed by atoms with Crippen molar-refractivity contribution in [2.75, 3.05) is 0 Å². The van der Waals surface area contributed by atoms with E-state index < -0.39 is 23.0 Å². The van der Waals surface area contributed by atoms with E-state index in [2.05, 4.69) is 25.0 Å². The van der Waals surface area contributed by atoms with Crippen molar-refractivity contribution >= 4 is 11.6 Å². The Balaban J connectivity index is 1.44. The van der Waals surface area contributed by atoms with Crippen molar-refractivity contribution in [2.24, 2.45) is 0 Å². The molecule has 8 nitrogen and oxygen atoms in total. The highest BCUT2D eigenvalue weighted by atomic mass is 35.5. The first-order valence-corrected chi connectivity index (χ1v) is 13.2. The van der Waals surface area contributed by atoms with E-state index >= 15 is 8.78 Å². The molecule has 1 aliphatic rings. The van der Waals surface area contributed by atoms with Gasteiger partial charge in [0.25, 0.3) is 5.56 Å². The molecule has 12 heteroatoms. The first-order valence-electron chi connectivity index (χ1n) is 12.8. The number of nitrogens with zero attached hydrogens (tertiary/aromatic N) is 7. The quantitative estimate of drug-likeness (QED) is 0.260. The smallest absolute Gasteiger partial charge is 0.274 e. The number of halogens is 4. The minimum absolute atomic E-state index is 0.0624. The van der Waals surface area contributed by atoms with E-state index in [0.29, 0.717) is 40.7 Å². The lowest BCUT2D eigenvalue weighted by Gasteiger charge is -2.18. The molecule has 208 valence electrons. The van der Waals surface area contributed by atoms with Crippen LogP contribution in [0.25, 0.3) is 22.6 Å². The zero-order valence-corrected chi connectivity index (χ0v) is 23.2. The van der Waals surface area contributed by atoms with Crippen molar-refractivity contribution < 1.29 is 13.2 Å². The molecule has 1 saturated carbocycles. The lowest BCUT2D eigenvalue weighted by Crippen LogP contribution is -2.24. The summed E-state index contributed by atoms with van der Waals surface area (Å²) < 4.78 is 47.8. The normalized spacial score (nSPS) is 16.3. The van der Waals surface area contributed by atoms with Gasteiger partial charge in [-0.2, -0.15) is 5.10 Å². The van der Waals surface area contributed by atoms with Gasteiger partial charge in [-0.25, -0.2) is 32.8 Å². The third-order valence-electron chi connectivity index (χ3n) is 7.26. The molecule has 0 radical (unpaired) electrons. The van der Waals surface area contributed by atoms with Crippen LogP contribution in [-0.4, -0.2) is 34.3 Å². The molecule has 1 fully saturated rings. The van der Waals surface area contributed by atoms with Gasteiger partial charge in [0, 0.05) is 23.4 Å². The monoisotopic (exact) mass is 577 g/mol. The zero-order chi connectivity index (χ0) is 29.2. The molecule has 2 atom stereocenters. The van der Waals surface area contributed by atoms with Crippen LogP contribution in [0.5, 0.6) is 0 Å². The Labute approximate surface area is 237 Å². The van der Waals surface area contributed by atoms with Crippen LogP contribution in [0.1, 0.15) is 52.6 Å². The summed E-state index contributed by atoms with van der Waals surface area (Å²) in [5, 5.41) is 4.17. The van der Waals surface area contributed by atoms with Crippen LogP contribution < -0.4 is 5.56 Å². The molecule has 41 heavy (non-hydrogen) atoms. The van der Waals surface area contributed by atoms with Crippen molar-refractivity contribution in [3.8, 4) is 22.6 Å². The Bertz CT molecular complexity index is 1900. The predicted molar refractivity (Wildman–Crippen MR) is 146 cm³/mol. The molecule has 1 unspecified atom stereocenters. The van der Waals surface area contributed by atoms with Crippen LogP contribution in [0.3, 0.4) is 0 Å². The highest BCUT2D eigenvalue weighted by Gasteiger charge is 2.43. The second-order valence-electron chi connectivity index (χ2n) is 10.1. The molecule has 0 N–H and O–H groups in total. The van der Waals surface area contributed by atoms with Crippen LogP contribution >= 0.6 is 11.6 Å². The fraction of sp³-hybridized carbons (Fsp3) is 0.241. The maximum atomic E-state index is 16.3. The fourth-order valence-electron chi connectivity index (χ4n) is 5.26. The van der Waals surface area contributed by atoms with E-state index in [1.165, 1.54) is 27.6 Å². The van der Waals surface area contributed by atoms with Gasteiger partial charge >= 0.3 is 0 Å². The predicted octanol–water partition coefficient (Wildman–Crippen LogP) is 5.85. The third-order valence-corrected chi connectivity index (χ3v) is 7.64. The Kier molecular flexibility index (Phi) is 6.49. The van der Waals surface area contributed by atoms with E-state index in [-0.39, 0.29) is 39.5 Å². The van der Waals surface area contributed by atoms with E-state index in [4.69, 9.17) is 11.6 Å².